The first-order valence-electron chi connectivity index (χ1n) is 11.1. The third-order valence-electron chi connectivity index (χ3n) is 5.80. The SMILES string of the molecule is NC(=O)c1nn(CC(=O)N2C[C@H](F)C[C@H]2C(=O)Nc2cccc(Br)n2)cc1/C=C/C(=O)CC1CC1. The predicted octanol–water partition coefficient (Wildman–Crippen LogP) is 2.10. The highest BCUT2D eigenvalue weighted by atomic mass is 79.9. The molecule has 3 amide bonds. The molecule has 35 heavy (non-hydrogen) atoms. The van der Waals surface area contributed by atoms with Crippen LogP contribution in [0.2, 0.25) is 0 Å². The van der Waals surface area contributed by atoms with E-state index in [1.165, 1.54) is 23.0 Å². The van der Waals surface area contributed by atoms with Gasteiger partial charge in [-0.05, 0) is 59.0 Å². The summed E-state index contributed by atoms with van der Waals surface area (Å²) >= 11 is 3.21. The number of allylic oxidation sites excluding steroid dienone is 1. The van der Waals surface area contributed by atoms with Crippen LogP contribution in [0.25, 0.3) is 6.08 Å². The first kappa shape index (κ1) is 24.7. The number of pyridine rings is 1. The Morgan fingerprint density at radius 2 is 2.03 bits per heavy atom. The van der Waals surface area contributed by atoms with Gasteiger partial charge in [-0.2, -0.15) is 5.10 Å². The molecule has 0 radical (unpaired) electrons. The number of amides is 3. The van der Waals surface area contributed by atoms with Crippen LogP contribution in [0.3, 0.4) is 0 Å². The molecule has 0 spiro atoms. The van der Waals surface area contributed by atoms with Gasteiger partial charge >= 0.3 is 0 Å². The van der Waals surface area contributed by atoms with Gasteiger partial charge in [0.25, 0.3) is 5.91 Å². The molecule has 10 nitrogen and oxygen atoms in total. The highest BCUT2D eigenvalue weighted by Crippen LogP contribution is 2.32. The first-order chi connectivity index (χ1) is 16.7. The second-order valence-electron chi connectivity index (χ2n) is 8.67. The van der Waals surface area contributed by atoms with E-state index in [-0.39, 0.29) is 36.8 Å². The van der Waals surface area contributed by atoms with Crippen LogP contribution in [-0.2, 0) is 20.9 Å². The molecule has 2 aliphatic rings. The number of carbonyl (C=O) groups excluding carboxylic acids is 4. The lowest BCUT2D eigenvalue weighted by molar-refractivity contribution is -0.137. The second-order valence-corrected chi connectivity index (χ2v) is 9.48. The molecule has 1 saturated carbocycles. The average molecular weight is 547 g/mol. The number of carbonyl (C=O) groups is 4. The maximum absolute atomic E-state index is 14.2. The van der Waals surface area contributed by atoms with Crippen molar-refractivity contribution in [2.45, 2.75) is 44.4 Å². The summed E-state index contributed by atoms with van der Waals surface area (Å²) in [5, 5.41) is 6.66. The lowest BCUT2D eigenvalue weighted by Crippen LogP contribution is -2.44. The van der Waals surface area contributed by atoms with E-state index in [9.17, 15) is 23.6 Å². The Bertz CT molecular complexity index is 1190. The quantitative estimate of drug-likeness (QED) is 0.364. The van der Waals surface area contributed by atoms with Gasteiger partial charge in [0.15, 0.2) is 11.5 Å². The molecule has 0 unspecified atom stereocenters. The minimum Gasteiger partial charge on any atom is -0.364 e. The summed E-state index contributed by atoms with van der Waals surface area (Å²) in [6, 6.07) is 3.93. The third kappa shape index (κ3) is 6.38. The minimum absolute atomic E-state index is 0.0633. The van der Waals surface area contributed by atoms with Gasteiger partial charge in [-0.15, -0.1) is 0 Å². The number of ketones is 1. The molecule has 1 aliphatic heterocycles. The van der Waals surface area contributed by atoms with Crippen LogP contribution in [0.4, 0.5) is 10.2 Å². The maximum atomic E-state index is 14.2. The van der Waals surface area contributed by atoms with Crippen LogP contribution < -0.4 is 11.1 Å². The summed E-state index contributed by atoms with van der Waals surface area (Å²) in [5.74, 6) is -1.29. The number of halogens is 2. The Kier molecular flexibility index (Phi) is 7.39. The summed E-state index contributed by atoms with van der Waals surface area (Å²) in [6.07, 6.45) is 5.28. The summed E-state index contributed by atoms with van der Waals surface area (Å²) in [6.45, 7) is -0.578. The molecule has 2 fully saturated rings. The zero-order chi connectivity index (χ0) is 25.1. The van der Waals surface area contributed by atoms with Crippen LogP contribution in [0.1, 0.15) is 41.7 Å². The highest BCUT2D eigenvalue weighted by Gasteiger charge is 2.40. The van der Waals surface area contributed by atoms with Gasteiger partial charge in [0.2, 0.25) is 11.8 Å². The van der Waals surface area contributed by atoms with Crippen molar-refractivity contribution in [3.8, 4) is 0 Å². The minimum atomic E-state index is -1.36. The molecule has 1 aliphatic carbocycles. The first-order valence-corrected chi connectivity index (χ1v) is 11.9. The van der Waals surface area contributed by atoms with E-state index in [4.69, 9.17) is 5.73 Å². The molecule has 2 aromatic heterocycles. The average Bonchev–Trinajstić information content (AvgIpc) is 3.36. The van der Waals surface area contributed by atoms with E-state index in [0.717, 1.165) is 17.7 Å². The Morgan fingerprint density at radius 3 is 2.71 bits per heavy atom. The third-order valence-corrected chi connectivity index (χ3v) is 6.24. The van der Waals surface area contributed by atoms with Gasteiger partial charge in [-0.3, -0.25) is 23.9 Å². The standard InChI is InChI=1S/C23H24BrFN6O4/c24-18-2-1-3-19(27-18)28-23(35)17-9-15(25)11-31(17)20(33)12-30-10-14(21(29-30)22(26)34)6-7-16(32)8-13-4-5-13/h1-3,6-7,10,13,15,17H,4-5,8-9,11-12H2,(H2,26,34)(H,27,28,35)/b7-6+/t15-,17+/m1/s1. The molecule has 184 valence electrons. The lowest BCUT2D eigenvalue weighted by atomic mass is 10.1. The van der Waals surface area contributed by atoms with Gasteiger partial charge in [0.05, 0.1) is 6.54 Å². The van der Waals surface area contributed by atoms with E-state index in [2.05, 4.69) is 31.3 Å². The number of nitrogens with two attached hydrogens (primary N) is 1. The van der Waals surface area contributed by atoms with Crippen LogP contribution >= 0.6 is 15.9 Å². The number of aromatic nitrogens is 3. The van der Waals surface area contributed by atoms with Crippen molar-refractivity contribution in [1.29, 1.82) is 0 Å². The maximum Gasteiger partial charge on any atom is 0.269 e. The molecular formula is C23H24BrFN6O4. The predicted molar refractivity (Wildman–Crippen MR) is 128 cm³/mol. The fraction of sp³-hybridized carbons (Fsp3) is 0.391. The monoisotopic (exact) mass is 546 g/mol. The van der Waals surface area contributed by atoms with E-state index in [0.29, 0.717) is 22.5 Å². The van der Waals surface area contributed by atoms with Crippen LogP contribution in [0, 0.1) is 5.92 Å². The number of nitrogens with one attached hydrogen (secondary N) is 1. The molecular weight excluding hydrogens is 523 g/mol. The molecule has 0 aromatic carbocycles. The zero-order valence-electron chi connectivity index (χ0n) is 18.7. The van der Waals surface area contributed by atoms with Gasteiger partial charge < -0.3 is 16.0 Å². The Morgan fingerprint density at radius 1 is 1.26 bits per heavy atom. The Balaban J connectivity index is 1.45. The summed E-state index contributed by atoms with van der Waals surface area (Å²) < 4.78 is 15.9. The number of primary amides is 1. The fourth-order valence-corrected chi connectivity index (χ4v) is 4.26. The normalized spacial score (nSPS) is 19.8. The largest absolute Gasteiger partial charge is 0.364 e. The number of anilines is 1. The molecule has 12 heteroatoms. The molecule has 2 atom stereocenters. The van der Waals surface area contributed by atoms with E-state index in [1.54, 1.807) is 18.2 Å². The van der Waals surface area contributed by atoms with Gasteiger partial charge in [-0.1, -0.05) is 6.07 Å². The molecule has 4 rings (SSSR count). The lowest BCUT2D eigenvalue weighted by Gasteiger charge is -2.23. The summed E-state index contributed by atoms with van der Waals surface area (Å²) in [4.78, 5) is 54.8. The van der Waals surface area contributed by atoms with Gasteiger partial charge in [0.1, 0.15) is 29.2 Å². The smallest absolute Gasteiger partial charge is 0.269 e. The molecule has 3 heterocycles. The van der Waals surface area contributed by atoms with Crippen LogP contribution in [0.15, 0.2) is 35.1 Å². The number of rotatable bonds is 9. The van der Waals surface area contributed by atoms with Crippen LogP contribution in [0.5, 0.6) is 0 Å². The zero-order valence-corrected chi connectivity index (χ0v) is 20.3. The van der Waals surface area contributed by atoms with Crippen molar-refractivity contribution in [1.82, 2.24) is 19.7 Å². The highest BCUT2D eigenvalue weighted by molar-refractivity contribution is 9.10. The summed E-state index contributed by atoms with van der Waals surface area (Å²) in [5.41, 5.74) is 5.61. The Hall–Kier alpha value is -3.41. The van der Waals surface area contributed by atoms with Crippen molar-refractivity contribution < 1.29 is 23.6 Å². The fourth-order valence-electron chi connectivity index (χ4n) is 3.91. The second kappa shape index (κ2) is 10.5. The molecule has 3 N–H and O–H groups in total. The van der Waals surface area contributed by atoms with E-state index in [1.807, 2.05) is 0 Å². The van der Waals surface area contributed by atoms with Crippen molar-refractivity contribution in [3.05, 3.63) is 46.3 Å². The van der Waals surface area contributed by atoms with Gasteiger partial charge in [0, 0.05) is 24.6 Å². The summed E-state index contributed by atoms with van der Waals surface area (Å²) in [7, 11) is 0. The van der Waals surface area contributed by atoms with E-state index >= 15 is 0 Å². The number of alkyl halides is 1. The molecule has 0 bridgehead atoms. The number of hydrogen-bond acceptors (Lipinski definition) is 6. The number of likely N-dealkylation sites (tertiary alicyclic amines) is 1. The topological polar surface area (TPSA) is 140 Å². The van der Waals surface area contributed by atoms with Crippen molar-refractivity contribution >= 4 is 51.3 Å². The number of hydrogen-bond donors (Lipinski definition) is 2. The van der Waals surface area contributed by atoms with Crippen LogP contribution in [-0.4, -0.2) is 61.9 Å². The molecule has 1 saturated heterocycles. The van der Waals surface area contributed by atoms with E-state index < -0.39 is 29.9 Å². The van der Waals surface area contributed by atoms with Gasteiger partial charge in [-0.25, -0.2) is 9.37 Å². The van der Waals surface area contributed by atoms with Crippen molar-refractivity contribution in [2.75, 3.05) is 11.9 Å². The van der Waals surface area contributed by atoms with Crippen molar-refractivity contribution in [2.24, 2.45) is 11.7 Å². The Labute approximate surface area is 208 Å². The molecule has 2 aromatic rings. The van der Waals surface area contributed by atoms with Crippen molar-refractivity contribution in [3.63, 3.8) is 0 Å². The number of nitrogens with zero attached hydrogens (tertiary/aromatic N) is 4.